The van der Waals surface area contributed by atoms with Crippen LogP contribution in [0.4, 0.5) is 0 Å². The molecule has 2 aromatic carbocycles. The van der Waals surface area contributed by atoms with Crippen LogP contribution < -0.4 is 0 Å². The fraction of sp³-hybridized carbons (Fsp3) is 0.391. The zero-order chi connectivity index (χ0) is 16.2. The van der Waals surface area contributed by atoms with Gasteiger partial charge in [-0.15, -0.1) is 0 Å². The molecule has 0 saturated carbocycles. The lowest BCUT2D eigenvalue weighted by molar-refractivity contribution is 0.282. The lowest BCUT2D eigenvalue weighted by Gasteiger charge is -2.39. The molecule has 0 N–H and O–H groups in total. The monoisotopic (exact) mass is 302 g/mol. The van der Waals surface area contributed by atoms with Gasteiger partial charge in [-0.1, -0.05) is 69.7 Å². The Morgan fingerprint density at radius 2 is 1.96 bits per heavy atom. The first-order valence-corrected chi connectivity index (χ1v) is 8.97. The molecular formula is C23H26. The van der Waals surface area contributed by atoms with E-state index in [4.69, 9.17) is 0 Å². The highest BCUT2D eigenvalue weighted by atomic mass is 14.4. The molecule has 0 bridgehead atoms. The molecule has 0 aliphatic heterocycles. The molecule has 1 unspecified atom stereocenters. The zero-order valence-electron chi connectivity index (χ0n) is 14.7. The predicted octanol–water partition coefficient (Wildman–Crippen LogP) is 6.56. The number of hydrogen-bond donors (Lipinski definition) is 0. The van der Waals surface area contributed by atoms with Crippen molar-refractivity contribution in [3.63, 3.8) is 0 Å². The minimum atomic E-state index is 0.318. The molecule has 0 radical (unpaired) electrons. The number of rotatable bonds is 3. The maximum absolute atomic E-state index is 2.50. The van der Waals surface area contributed by atoms with Crippen molar-refractivity contribution < 1.29 is 0 Å². The molecule has 2 aliphatic rings. The molecule has 2 aliphatic carbocycles. The van der Waals surface area contributed by atoms with E-state index in [2.05, 4.69) is 70.2 Å². The van der Waals surface area contributed by atoms with Gasteiger partial charge in [-0.25, -0.2) is 0 Å². The van der Waals surface area contributed by atoms with Gasteiger partial charge >= 0.3 is 0 Å². The van der Waals surface area contributed by atoms with Gasteiger partial charge in [0.1, 0.15) is 0 Å². The van der Waals surface area contributed by atoms with E-state index in [9.17, 15) is 0 Å². The predicted molar refractivity (Wildman–Crippen MR) is 102 cm³/mol. The third-order valence-corrected chi connectivity index (χ3v) is 5.89. The fourth-order valence-electron chi connectivity index (χ4n) is 4.69. The van der Waals surface area contributed by atoms with Crippen LogP contribution in [-0.2, 0) is 6.42 Å². The third-order valence-electron chi connectivity index (χ3n) is 5.89. The molecule has 23 heavy (non-hydrogen) atoms. The van der Waals surface area contributed by atoms with Gasteiger partial charge in [-0.05, 0) is 63.8 Å². The van der Waals surface area contributed by atoms with Gasteiger partial charge in [0.15, 0.2) is 0 Å². The number of aryl methyl sites for hydroxylation is 1. The SMILES string of the molecule is CCCC(C)(C)C1C=Cc2ccc3c(C)ccc4c3c2C1=CC4. The van der Waals surface area contributed by atoms with E-state index in [1.54, 1.807) is 5.57 Å². The van der Waals surface area contributed by atoms with E-state index in [0.717, 1.165) is 6.42 Å². The van der Waals surface area contributed by atoms with Crippen molar-refractivity contribution in [3.05, 3.63) is 58.7 Å². The normalized spacial score (nSPS) is 19.1. The first-order chi connectivity index (χ1) is 11.0. The summed E-state index contributed by atoms with van der Waals surface area (Å²) in [5.41, 5.74) is 7.70. The lowest BCUT2D eigenvalue weighted by atomic mass is 9.65. The topological polar surface area (TPSA) is 0 Å². The highest BCUT2D eigenvalue weighted by molar-refractivity contribution is 6.04. The summed E-state index contributed by atoms with van der Waals surface area (Å²) in [6.07, 6.45) is 10.9. The second-order valence-electron chi connectivity index (χ2n) is 7.93. The summed E-state index contributed by atoms with van der Waals surface area (Å²) in [7, 11) is 0. The third kappa shape index (κ3) is 2.11. The van der Waals surface area contributed by atoms with Crippen LogP contribution in [0.5, 0.6) is 0 Å². The van der Waals surface area contributed by atoms with E-state index < -0.39 is 0 Å². The van der Waals surface area contributed by atoms with Crippen LogP contribution in [0.15, 0.2) is 36.4 Å². The Hall–Kier alpha value is -1.82. The Labute approximate surface area is 139 Å². The second-order valence-corrected chi connectivity index (χ2v) is 7.93. The molecule has 118 valence electrons. The maximum atomic E-state index is 2.50. The van der Waals surface area contributed by atoms with Crippen LogP contribution in [0.1, 0.15) is 55.9 Å². The second kappa shape index (κ2) is 5.09. The van der Waals surface area contributed by atoms with Gasteiger partial charge in [0.2, 0.25) is 0 Å². The largest absolute Gasteiger partial charge is 0.0758 e. The van der Waals surface area contributed by atoms with E-state index in [1.165, 1.54) is 45.9 Å². The Balaban J connectivity index is 1.97. The molecule has 0 aromatic heterocycles. The van der Waals surface area contributed by atoms with Crippen molar-refractivity contribution in [1.29, 1.82) is 0 Å². The van der Waals surface area contributed by atoms with Crippen molar-refractivity contribution in [2.45, 2.75) is 47.0 Å². The highest BCUT2D eigenvalue weighted by Gasteiger charge is 2.34. The van der Waals surface area contributed by atoms with Crippen LogP contribution in [0.2, 0.25) is 0 Å². The van der Waals surface area contributed by atoms with E-state index in [-0.39, 0.29) is 0 Å². The summed E-state index contributed by atoms with van der Waals surface area (Å²) in [5.74, 6) is 0.536. The molecule has 0 saturated heterocycles. The highest BCUT2D eigenvalue weighted by Crippen LogP contribution is 2.49. The summed E-state index contributed by atoms with van der Waals surface area (Å²) in [6.45, 7) is 9.40. The summed E-state index contributed by atoms with van der Waals surface area (Å²) >= 11 is 0. The Bertz CT molecular complexity index is 846. The lowest BCUT2D eigenvalue weighted by Crippen LogP contribution is -2.26. The van der Waals surface area contributed by atoms with Crippen molar-refractivity contribution in [3.8, 4) is 0 Å². The molecule has 0 fully saturated rings. The molecule has 4 rings (SSSR count). The Morgan fingerprint density at radius 3 is 2.74 bits per heavy atom. The average molecular weight is 302 g/mol. The van der Waals surface area contributed by atoms with Crippen molar-refractivity contribution >= 4 is 22.4 Å². The van der Waals surface area contributed by atoms with Gasteiger partial charge in [0, 0.05) is 5.92 Å². The van der Waals surface area contributed by atoms with Gasteiger partial charge in [0.25, 0.3) is 0 Å². The van der Waals surface area contributed by atoms with Gasteiger partial charge in [0.05, 0.1) is 0 Å². The van der Waals surface area contributed by atoms with Crippen LogP contribution in [0.3, 0.4) is 0 Å². The van der Waals surface area contributed by atoms with E-state index in [0.29, 0.717) is 11.3 Å². The van der Waals surface area contributed by atoms with Crippen LogP contribution in [-0.4, -0.2) is 0 Å². The molecule has 0 spiro atoms. The van der Waals surface area contributed by atoms with Crippen LogP contribution >= 0.6 is 0 Å². The molecular weight excluding hydrogens is 276 g/mol. The van der Waals surface area contributed by atoms with Crippen molar-refractivity contribution in [1.82, 2.24) is 0 Å². The van der Waals surface area contributed by atoms with Crippen LogP contribution in [0, 0.1) is 18.3 Å². The van der Waals surface area contributed by atoms with Crippen LogP contribution in [0.25, 0.3) is 22.4 Å². The molecule has 1 atom stereocenters. The molecule has 0 heterocycles. The smallest absolute Gasteiger partial charge is 0.00758 e. The maximum Gasteiger partial charge on any atom is 0.00758 e. The average Bonchev–Trinajstić information content (AvgIpc) is 2.54. The number of hydrogen-bond acceptors (Lipinski definition) is 0. The van der Waals surface area contributed by atoms with E-state index >= 15 is 0 Å². The Morgan fingerprint density at radius 1 is 1.13 bits per heavy atom. The van der Waals surface area contributed by atoms with Crippen molar-refractivity contribution in [2.75, 3.05) is 0 Å². The number of benzene rings is 2. The summed E-state index contributed by atoms with van der Waals surface area (Å²) in [6, 6.07) is 9.24. The summed E-state index contributed by atoms with van der Waals surface area (Å²) in [5, 5.41) is 2.95. The quantitative estimate of drug-likeness (QED) is 0.602. The number of allylic oxidation sites excluding steroid dienone is 3. The minimum Gasteiger partial charge on any atom is -0.0758 e. The van der Waals surface area contributed by atoms with Gasteiger partial charge in [-0.3, -0.25) is 0 Å². The molecule has 0 nitrogen and oxygen atoms in total. The van der Waals surface area contributed by atoms with Gasteiger partial charge in [-0.2, -0.15) is 0 Å². The molecule has 0 heteroatoms. The first-order valence-electron chi connectivity index (χ1n) is 8.97. The Kier molecular flexibility index (Phi) is 3.27. The van der Waals surface area contributed by atoms with Crippen molar-refractivity contribution in [2.24, 2.45) is 11.3 Å². The minimum absolute atomic E-state index is 0.318. The fourth-order valence-corrected chi connectivity index (χ4v) is 4.69. The summed E-state index contributed by atoms with van der Waals surface area (Å²) in [4.78, 5) is 0. The molecule has 2 aromatic rings. The zero-order valence-corrected chi connectivity index (χ0v) is 14.7. The molecule has 0 amide bonds. The van der Waals surface area contributed by atoms with Gasteiger partial charge < -0.3 is 0 Å². The summed E-state index contributed by atoms with van der Waals surface area (Å²) < 4.78 is 0. The van der Waals surface area contributed by atoms with E-state index in [1.807, 2.05) is 0 Å². The standard InChI is InChI=1S/C23H26/c1-5-14-23(3,4)20-13-10-17-8-11-18-15(2)6-7-16-9-12-19(20)22(17)21(16)18/h6-8,10-13,20H,5,9,14H2,1-4H3. The first kappa shape index (κ1) is 14.8.